The van der Waals surface area contributed by atoms with Gasteiger partial charge >= 0.3 is 0 Å². The number of aromatic nitrogens is 5. The minimum Gasteiger partial charge on any atom is -0.392 e. The molecule has 7 heteroatoms. The van der Waals surface area contributed by atoms with Crippen molar-refractivity contribution in [3.05, 3.63) is 41.7 Å². The van der Waals surface area contributed by atoms with Crippen LogP contribution in [0.3, 0.4) is 0 Å². The number of benzene rings is 1. The zero-order chi connectivity index (χ0) is 15.5. The van der Waals surface area contributed by atoms with Crippen LogP contribution in [-0.4, -0.2) is 42.7 Å². The van der Waals surface area contributed by atoms with Crippen molar-refractivity contribution in [1.29, 1.82) is 0 Å². The van der Waals surface area contributed by atoms with E-state index in [0.29, 0.717) is 35.9 Å². The van der Waals surface area contributed by atoms with Crippen molar-refractivity contribution in [2.75, 3.05) is 11.9 Å². The second kappa shape index (κ2) is 6.07. The first kappa shape index (κ1) is 14.4. The molecule has 0 aliphatic rings. The Balaban J connectivity index is 1.96. The normalized spacial score (nSPS) is 12.5. The predicted molar refractivity (Wildman–Crippen MR) is 83.6 cm³/mol. The Labute approximate surface area is 128 Å². The largest absolute Gasteiger partial charge is 0.392 e. The Morgan fingerprint density at radius 3 is 2.73 bits per heavy atom. The molecule has 0 amide bonds. The molecule has 1 atom stereocenters. The fourth-order valence-electron chi connectivity index (χ4n) is 2.20. The van der Waals surface area contributed by atoms with Crippen molar-refractivity contribution in [1.82, 2.24) is 25.0 Å². The number of rotatable bonds is 5. The molecule has 0 radical (unpaired) electrons. The van der Waals surface area contributed by atoms with E-state index in [4.69, 9.17) is 0 Å². The molecule has 0 aliphatic heterocycles. The number of nitrogens with one attached hydrogen (secondary N) is 1. The second-order valence-electron chi connectivity index (χ2n) is 5.25. The van der Waals surface area contributed by atoms with Gasteiger partial charge in [0.1, 0.15) is 5.82 Å². The van der Waals surface area contributed by atoms with Crippen molar-refractivity contribution >= 4 is 17.0 Å². The van der Waals surface area contributed by atoms with Crippen molar-refractivity contribution in [2.45, 2.75) is 26.5 Å². The molecule has 0 spiro atoms. The summed E-state index contributed by atoms with van der Waals surface area (Å²) in [5.74, 6) is 1.24. The van der Waals surface area contributed by atoms with E-state index in [1.807, 2.05) is 37.3 Å². The van der Waals surface area contributed by atoms with Gasteiger partial charge in [0.25, 0.3) is 0 Å². The number of hydrogen-bond donors (Lipinski definition) is 2. The van der Waals surface area contributed by atoms with Gasteiger partial charge in [0.05, 0.1) is 12.6 Å². The van der Waals surface area contributed by atoms with Crippen LogP contribution >= 0.6 is 0 Å². The fraction of sp³-hybridized carbons (Fsp3) is 0.333. The Morgan fingerprint density at radius 2 is 2.00 bits per heavy atom. The standard InChI is InChI=1S/C15H18N6O/c1-10(22)8-16-14-13-15(18-11(2)17-14)21(20-19-13)9-12-6-4-3-5-7-12/h3-7,10,22H,8-9H2,1-2H3,(H,16,17,18). The third kappa shape index (κ3) is 3.04. The number of fused-ring (bicyclic) bond motifs is 1. The zero-order valence-corrected chi connectivity index (χ0v) is 12.6. The third-order valence-electron chi connectivity index (χ3n) is 3.21. The van der Waals surface area contributed by atoms with Gasteiger partial charge in [0.15, 0.2) is 17.0 Å². The van der Waals surface area contributed by atoms with Crippen LogP contribution in [0.4, 0.5) is 5.82 Å². The van der Waals surface area contributed by atoms with E-state index >= 15 is 0 Å². The minimum absolute atomic E-state index is 0.400. The first-order valence-corrected chi connectivity index (χ1v) is 7.17. The van der Waals surface area contributed by atoms with Crippen LogP contribution in [0.5, 0.6) is 0 Å². The van der Waals surface area contributed by atoms with E-state index in [0.717, 1.165) is 5.56 Å². The quantitative estimate of drug-likeness (QED) is 0.739. The van der Waals surface area contributed by atoms with Crippen molar-refractivity contribution < 1.29 is 5.11 Å². The van der Waals surface area contributed by atoms with E-state index in [-0.39, 0.29) is 0 Å². The molecule has 0 bridgehead atoms. The minimum atomic E-state index is -0.468. The molecule has 0 saturated heterocycles. The summed E-state index contributed by atoms with van der Waals surface area (Å²) in [6.07, 6.45) is -0.468. The SMILES string of the molecule is Cc1nc(NCC(C)O)c2nnn(Cc3ccccc3)c2n1. The Hall–Kier alpha value is -2.54. The molecule has 1 aromatic carbocycles. The highest BCUT2D eigenvalue weighted by Gasteiger charge is 2.13. The first-order valence-electron chi connectivity index (χ1n) is 7.17. The lowest BCUT2D eigenvalue weighted by atomic mass is 10.2. The maximum absolute atomic E-state index is 9.41. The van der Waals surface area contributed by atoms with E-state index in [1.54, 1.807) is 11.6 Å². The number of aliphatic hydroxyl groups is 1. The number of anilines is 1. The summed E-state index contributed by atoms with van der Waals surface area (Å²) in [4.78, 5) is 8.79. The Bertz CT molecular complexity index is 768. The molecule has 0 saturated carbocycles. The van der Waals surface area contributed by atoms with Gasteiger partial charge in [-0.15, -0.1) is 5.10 Å². The number of aryl methyl sites for hydroxylation is 1. The first-order chi connectivity index (χ1) is 10.6. The molecule has 1 unspecified atom stereocenters. The summed E-state index contributed by atoms with van der Waals surface area (Å²) in [6.45, 7) is 4.54. The number of aliphatic hydroxyl groups excluding tert-OH is 1. The van der Waals surface area contributed by atoms with Crippen molar-refractivity contribution in [3.63, 3.8) is 0 Å². The maximum atomic E-state index is 9.41. The molecule has 0 fully saturated rings. The molecule has 3 rings (SSSR count). The highest BCUT2D eigenvalue weighted by Crippen LogP contribution is 2.18. The van der Waals surface area contributed by atoms with Gasteiger partial charge in [-0.25, -0.2) is 14.6 Å². The highest BCUT2D eigenvalue weighted by molar-refractivity contribution is 5.82. The summed E-state index contributed by atoms with van der Waals surface area (Å²) < 4.78 is 1.76. The van der Waals surface area contributed by atoms with E-state index in [1.165, 1.54) is 0 Å². The van der Waals surface area contributed by atoms with Gasteiger partial charge in [0, 0.05) is 6.54 Å². The Kier molecular flexibility index (Phi) is 3.97. The van der Waals surface area contributed by atoms with Gasteiger partial charge in [-0.05, 0) is 19.4 Å². The summed E-state index contributed by atoms with van der Waals surface area (Å²) >= 11 is 0. The Morgan fingerprint density at radius 1 is 1.23 bits per heavy atom. The van der Waals surface area contributed by atoms with Gasteiger partial charge in [-0.2, -0.15) is 0 Å². The second-order valence-corrected chi connectivity index (χ2v) is 5.25. The summed E-state index contributed by atoms with van der Waals surface area (Å²) in [5, 5.41) is 20.9. The monoisotopic (exact) mass is 298 g/mol. The lowest BCUT2D eigenvalue weighted by Crippen LogP contribution is -2.16. The summed E-state index contributed by atoms with van der Waals surface area (Å²) in [6, 6.07) is 10.0. The summed E-state index contributed by atoms with van der Waals surface area (Å²) in [7, 11) is 0. The smallest absolute Gasteiger partial charge is 0.184 e. The predicted octanol–water partition coefficient (Wildman–Crippen LogP) is 1.37. The molecule has 0 aliphatic carbocycles. The van der Waals surface area contributed by atoms with E-state index in [2.05, 4.69) is 25.6 Å². The van der Waals surface area contributed by atoms with Crippen LogP contribution in [0.2, 0.25) is 0 Å². The lowest BCUT2D eigenvalue weighted by molar-refractivity contribution is 0.208. The molecular weight excluding hydrogens is 280 g/mol. The van der Waals surface area contributed by atoms with Crippen LogP contribution in [0, 0.1) is 6.92 Å². The van der Waals surface area contributed by atoms with Gasteiger partial charge in [-0.3, -0.25) is 0 Å². The average Bonchev–Trinajstić information content (AvgIpc) is 2.89. The topological polar surface area (TPSA) is 88.8 Å². The molecular formula is C15H18N6O. The van der Waals surface area contributed by atoms with E-state index in [9.17, 15) is 5.11 Å². The molecule has 22 heavy (non-hydrogen) atoms. The molecule has 114 valence electrons. The number of nitrogens with zero attached hydrogens (tertiary/aromatic N) is 5. The lowest BCUT2D eigenvalue weighted by Gasteiger charge is -2.08. The average molecular weight is 298 g/mol. The van der Waals surface area contributed by atoms with E-state index < -0.39 is 6.10 Å². The van der Waals surface area contributed by atoms with Crippen molar-refractivity contribution in [2.24, 2.45) is 0 Å². The fourth-order valence-corrected chi connectivity index (χ4v) is 2.20. The van der Waals surface area contributed by atoms with Crippen molar-refractivity contribution in [3.8, 4) is 0 Å². The van der Waals surface area contributed by atoms with Crippen LogP contribution in [0.15, 0.2) is 30.3 Å². The highest BCUT2D eigenvalue weighted by atomic mass is 16.3. The van der Waals surface area contributed by atoms with Crippen LogP contribution in [-0.2, 0) is 6.54 Å². The third-order valence-corrected chi connectivity index (χ3v) is 3.21. The van der Waals surface area contributed by atoms with Gasteiger partial charge < -0.3 is 10.4 Å². The van der Waals surface area contributed by atoms with Crippen LogP contribution in [0.1, 0.15) is 18.3 Å². The molecule has 2 N–H and O–H groups in total. The molecule has 2 aromatic heterocycles. The van der Waals surface area contributed by atoms with Crippen LogP contribution in [0.25, 0.3) is 11.2 Å². The van der Waals surface area contributed by atoms with Gasteiger partial charge in [0.2, 0.25) is 0 Å². The molecule has 2 heterocycles. The number of hydrogen-bond acceptors (Lipinski definition) is 6. The molecule has 3 aromatic rings. The van der Waals surface area contributed by atoms with Gasteiger partial charge in [-0.1, -0.05) is 35.5 Å². The van der Waals surface area contributed by atoms with Crippen LogP contribution < -0.4 is 5.32 Å². The summed E-state index contributed by atoms with van der Waals surface area (Å²) in [5.41, 5.74) is 2.43. The maximum Gasteiger partial charge on any atom is 0.184 e. The zero-order valence-electron chi connectivity index (χ0n) is 12.6. The molecule has 7 nitrogen and oxygen atoms in total.